The van der Waals surface area contributed by atoms with Crippen LogP contribution in [0.25, 0.3) is 0 Å². The van der Waals surface area contributed by atoms with Gasteiger partial charge in [0, 0.05) is 26.2 Å². The molecule has 0 unspecified atom stereocenters. The monoisotopic (exact) mass is 396 g/mol. The van der Waals surface area contributed by atoms with Gasteiger partial charge in [0.25, 0.3) is 0 Å². The van der Waals surface area contributed by atoms with Crippen LogP contribution in [0.2, 0.25) is 0 Å². The Morgan fingerprint density at radius 1 is 1.33 bits per heavy atom. The molecular weight excluding hydrogens is 372 g/mol. The van der Waals surface area contributed by atoms with Crippen LogP contribution in [0.4, 0.5) is 0 Å². The molecular formula is C18H25BrN2O3. The summed E-state index contributed by atoms with van der Waals surface area (Å²) >= 11 is 3.54. The molecule has 2 heterocycles. The average Bonchev–Trinajstić information content (AvgIpc) is 2.62. The van der Waals surface area contributed by atoms with Crippen molar-refractivity contribution >= 4 is 21.8 Å². The number of carbonyl (C=O) groups excluding carboxylic acids is 1. The number of likely N-dealkylation sites (tertiary alicyclic amines) is 1. The highest BCUT2D eigenvalue weighted by Gasteiger charge is 2.30. The van der Waals surface area contributed by atoms with Gasteiger partial charge in [0.1, 0.15) is 5.75 Å². The quantitative estimate of drug-likeness (QED) is 0.783. The van der Waals surface area contributed by atoms with E-state index in [1.807, 2.05) is 11.0 Å². The van der Waals surface area contributed by atoms with Gasteiger partial charge in [0.15, 0.2) is 0 Å². The maximum atomic E-state index is 12.7. The second-order valence-electron chi connectivity index (χ2n) is 6.48. The average molecular weight is 397 g/mol. The van der Waals surface area contributed by atoms with Gasteiger partial charge >= 0.3 is 0 Å². The summed E-state index contributed by atoms with van der Waals surface area (Å²) in [4.78, 5) is 17.1. The summed E-state index contributed by atoms with van der Waals surface area (Å²) in [7, 11) is 1.67. The summed E-state index contributed by atoms with van der Waals surface area (Å²) in [6.07, 6.45) is 2.08. The lowest BCUT2D eigenvalue weighted by Gasteiger charge is -2.36. The number of hydrogen-bond donors (Lipinski definition) is 0. The van der Waals surface area contributed by atoms with Crippen molar-refractivity contribution in [3.63, 3.8) is 0 Å². The van der Waals surface area contributed by atoms with Crippen molar-refractivity contribution in [2.75, 3.05) is 46.5 Å². The van der Waals surface area contributed by atoms with E-state index in [1.165, 1.54) is 5.56 Å². The Hall–Kier alpha value is -1.11. The highest BCUT2D eigenvalue weighted by molar-refractivity contribution is 9.10. The predicted octanol–water partition coefficient (Wildman–Crippen LogP) is 2.53. The molecule has 0 N–H and O–H groups in total. The molecule has 0 aliphatic carbocycles. The van der Waals surface area contributed by atoms with E-state index in [-0.39, 0.29) is 5.92 Å². The number of benzene rings is 1. The summed E-state index contributed by atoms with van der Waals surface area (Å²) in [6, 6.07) is 6.18. The molecule has 3 rings (SSSR count). The van der Waals surface area contributed by atoms with Gasteiger partial charge in [-0.1, -0.05) is 6.07 Å². The third-order valence-electron chi connectivity index (χ3n) is 4.80. The topological polar surface area (TPSA) is 42.0 Å². The van der Waals surface area contributed by atoms with Crippen molar-refractivity contribution in [2.24, 2.45) is 5.92 Å². The van der Waals surface area contributed by atoms with Crippen molar-refractivity contribution < 1.29 is 14.3 Å². The van der Waals surface area contributed by atoms with Gasteiger partial charge in [-0.15, -0.1) is 0 Å². The number of nitrogens with zero attached hydrogens (tertiary/aromatic N) is 2. The standard InChI is InChI=1S/C18H25BrN2O3/c1-23-17-5-4-14(11-16(17)19)12-20-6-2-3-15(13-20)18(22)21-7-9-24-10-8-21/h4-5,11,15H,2-3,6-10,12-13H2,1H3/t15-/m0/s1. The number of amides is 1. The Morgan fingerprint density at radius 2 is 2.12 bits per heavy atom. The highest BCUT2D eigenvalue weighted by atomic mass is 79.9. The van der Waals surface area contributed by atoms with E-state index in [0.717, 1.165) is 55.8 Å². The summed E-state index contributed by atoms with van der Waals surface area (Å²) in [5, 5.41) is 0. The third-order valence-corrected chi connectivity index (χ3v) is 5.42. The van der Waals surface area contributed by atoms with Crippen LogP contribution in [-0.2, 0) is 16.1 Å². The Labute approximate surface area is 152 Å². The molecule has 0 bridgehead atoms. The zero-order valence-electron chi connectivity index (χ0n) is 14.2. The lowest BCUT2D eigenvalue weighted by molar-refractivity contribution is -0.141. The fourth-order valence-electron chi connectivity index (χ4n) is 3.51. The maximum Gasteiger partial charge on any atom is 0.227 e. The summed E-state index contributed by atoms with van der Waals surface area (Å²) in [5.41, 5.74) is 1.24. The van der Waals surface area contributed by atoms with E-state index in [1.54, 1.807) is 7.11 Å². The molecule has 0 spiro atoms. The van der Waals surface area contributed by atoms with Gasteiger partial charge in [-0.2, -0.15) is 0 Å². The van der Waals surface area contributed by atoms with E-state index in [4.69, 9.17) is 9.47 Å². The Bertz CT molecular complexity index is 575. The van der Waals surface area contributed by atoms with Crippen LogP contribution in [0, 0.1) is 5.92 Å². The fraction of sp³-hybridized carbons (Fsp3) is 0.611. The minimum Gasteiger partial charge on any atom is -0.496 e. The molecule has 132 valence electrons. The van der Waals surface area contributed by atoms with Gasteiger partial charge in [-0.05, 0) is 53.0 Å². The van der Waals surface area contributed by atoms with E-state index in [9.17, 15) is 4.79 Å². The number of carbonyl (C=O) groups is 1. The zero-order chi connectivity index (χ0) is 16.9. The molecule has 6 heteroatoms. The van der Waals surface area contributed by atoms with Crippen molar-refractivity contribution in [1.82, 2.24) is 9.80 Å². The minimum atomic E-state index is 0.124. The molecule has 0 aromatic heterocycles. The summed E-state index contributed by atoms with van der Waals surface area (Å²) in [6.45, 7) is 5.58. The predicted molar refractivity (Wildman–Crippen MR) is 96.1 cm³/mol. The molecule has 2 aliphatic rings. The van der Waals surface area contributed by atoms with Crippen LogP contribution in [-0.4, -0.2) is 62.2 Å². The molecule has 1 amide bonds. The number of methoxy groups -OCH3 is 1. The zero-order valence-corrected chi connectivity index (χ0v) is 15.8. The number of hydrogen-bond acceptors (Lipinski definition) is 4. The van der Waals surface area contributed by atoms with Crippen LogP contribution in [0.5, 0.6) is 5.75 Å². The van der Waals surface area contributed by atoms with Crippen LogP contribution in [0.3, 0.4) is 0 Å². The van der Waals surface area contributed by atoms with E-state index in [2.05, 4.69) is 33.0 Å². The maximum absolute atomic E-state index is 12.7. The van der Waals surface area contributed by atoms with Crippen LogP contribution >= 0.6 is 15.9 Å². The molecule has 1 aromatic rings. The van der Waals surface area contributed by atoms with Crippen LogP contribution in [0.15, 0.2) is 22.7 Å². The first-order chi connectivity index (χ1) is 11.7. The van der Waals surface area contributed by atoms with Gasteiger partial charge < -0.3 is 14.4 Å². The van der Waals surface area contributed by atoms with Gasteiger partial charge in [-0.25, -0.2) is 0 Å². The minimum absolute atomic E-state index is 0.124. The van der Waals surface area contributed by atoms with Crippen molar-refractivity contribution in [3.8, 4) is 5.75 Å². The largest absolute Gasteiger partial charge is 0.496 e. The van der Waals surface area contributed by atoms with E-state index < -0.39 is 0 Å². The number of morpholine rings is 1. The molecule has 2 saturated heterocycles. The van der Waals surface area contributed by atoms with Crippen LogP contribution < -0.4 is 4.74 Å². The normalized spacial score (nSPS) is 22.4. The van der Waals surface area contributed by atoms with Gasteiger partial charge in [0.2, 0.25) is 5.91 Å². The Morgan fingerprint density at radius 3 is 2.83 bits per heavy atom. The van der Waals surface area contributed by atoms with Crippen molar-refractivity contribution in [3.05, 3.63) is 28.2 Å². The Kier molecular flexibility index (Phi) is 6.14. The van der Waals surface area contributed by atoms with Gasteiger partial charge in [-0.3, -0.25) is 9.69 Å². The fourth-order valence-corrected chi connectivity index (χ4v) is 4.10. The number of rotatable bonds is 4. The Balaban J connectivity index is 1.59. The SMILES string of the molecule is COc1ccc(CN2CCC[C@H](C(=O)N3CCOCC3)C2)cc1Br. The lowest BCUT2D eigenvalue weighted by Crippen LogP contribution is -2.48. The second kappa shape index (κ2) is 8.32. The molecule has 5 nitrogen and oxygen atoms in total. The molecule has 1 aromatic carbocycles. The highest BCUT2D eigenvalue weighted by Crippen LogP contribution is 2.27. The van der Waals surface area contributed by atoms with E-state index in [0.29, 0.717) is 19.1 Å². The first kappa shape index (κ1) is 17.7. The number of ether oxygens (including phenoxy) is 2. The third kappa shape index (κ3) is 4.29. The molecule has 0 saturated carbocycles. The molecule has 0 radical (unpaired) electrons. The molecule has 1 atom stereocenters. The number of piperidine rings is 1. The molecule has 2 aliphatic heterocycles. The van der Waals surface area contributed by atoms with Crippen LogP contribution in [0.1, 0.15) is 18.4 Å². The van der Waals surface area contributed by atoms with Crippen molar-refractivity contribution in [2.45, 2.75) is 19.4 Å². The van der Waals surface area contributed by atoms with E-state index >= 15 is 0 Å². The number of halogens is 1. The molecule has 24 heavy (non-hydrogen) atoms. The van der Waals surface area contributed by atoms with Crippen molar-refractivity contribution in [1.29, 1.82) is 0 Å². The molecule has 2 fully saturated rings. The van der Waals surface area contributed by atoms with Gasteiger partial charge in [0.05, 0.1) is 30.7 Å². The first-order valence-electron chi connectivity index (χ1n) is 8.58. The lowest BCUT2D eigenvalue weighted by atomic mass is 9.96. The summed E-state index contributed by atoms with van der Waals surface area (Å²) < 4.78 is 11.6. The smallest absolute Gasteiger partial charge is 0.227 e. The first-order valence-corrected chi connectivity index (χ1v) is 9.38. The second-order valence-corrected chi connectivity index (χ2v) is 7.34. The summed E-state index contributed by atoms with van der Waals surface area (Å²) in [5.74, 6) is 1.27.